The van der Waals surface area contributed by atoms with Crippen LogP contribution in [0.15, 0.2) is 24.3 Å². The van der Waals surface area contributed by atoms with Crippen LogP contribution in [-0.2, 0) is 0 Å². The van der Waals surface area contributed by atoms with Gasteiger partial charge in [0.25, 0.3) is 0 Å². The van der Waals surface area contributed by atoms with E-state index in [-0.39, 0.29) is 11.7 Å². The Labute approximate surface area is 244 Å². The minimum Gasteiger partial charge on any atom is -0.490 e. The van der Waals surface area contributed by atoms with Gasteiger partial charge in [0.1, 0.15) is 0 Å². The van der Waals surface area contributed by atoms with E-state index >= 15 is 0 Å². The van der Waals surface area contributed by atoms with E-state index in [9.17, 15) is 8.78 Å². The molecule has 3 saturated carbocycles. The van der Waals surface area contributed by atoms with Crippen molar-refractivity contribution in [3.8, 4) is 5.75 Å². The molecule has 0 radical (unpaired) electrons. The third-order valence-electron chi connectivity index (χ3n) is 10.8. The molecule has 1 aromatic carbocycles. The van der Waals surface area contributed by atoms with Crippen molar-refractivity contribution >= 4 is 0 Å². The summed E-state index contributed by atoms with van der Waals surface area (Å²) in [6.45, 7) is 5.03. The monoisotopic (exact) mass is 556 g/mol. The third-order valence-corrected chi connectivity index (χ3v) is 10.8. The minimum atomic E-state index is -0.779. The lowest BCUT2D eigenvalue weighted by molar-refractivity contribution is 0.174. The maximum Gasteiger partial charge on any atom is 0.200 e. The van der Waals surface area contributed by atoms with Crippen molar-refractivity contribution in [2.45, 2.75) is 148 Å². The number of halogens is 2. The first-order chi connectivity index (χ1) is 19.6. The van der Waals surface area contributed by atoms with Crippen LogP contribution in [0.5, 0.6) is 5.75 Å². The Morgan fingerprint density at radius 3 is 2.00 bits per heavy atom. The first-order valence-corrected chi connectivity index (χ1v) is 17.3. The SMILES string of the molecule is CCCCCC1CCC(/C=C/CCC2CCC(COc3ccc(C4CCC(CCC)CC4)c(F)c3F)CC2)CC1. The van der Waals surface area contributed by atoms with E-state index in [0.29, 0.717) is 18.1 Å². The number of benzene rings is 1. The molecule has 3 heteroatoms. The standard InChI is InChI=1S/C37H58F2O/c1-3-5-6-10-29-13-15-30(16-14-29)11-7-8-12-31-17-19-32(20-18-31)27-40-35-26-25-34(36(38)37(35)39)33-23-21-28(9-4-2)22-24-33/h7,11,25-26,28-33H,3-6,8-10,12-24,27H2,1-2H3/b11-7+. The molecule has 226 valence electrons. The van der Waals surface area contributed by atoms with Gasteiger partial charge in [0, 0.05) is 0 Å². The van der Waals surface area contributed by atoms with Gasteiger partial charge in [0.15, 0.2) is 11.6 Å². The summed E-state index contributed by atoms with van der Waals surface area (Å²) in [4.78, 5) is 0. The molecule has 0 amide bonds. The Hall–Kier alpha value is -1.38. The summed E-state index contributed by atoms with van der Waals surface area (Å²) in [5.41, 5.74) is 0.560. The second-order valence-corrected chi connectivity index (χ2v) is 13.8. The number of allylic oxidation sites excluding steroid dienone is 2. The fourth-order valence-corrected chi connectivity index (χ4v) is 8.01. The van der Waals surface area contributed by atoms with Crippen molar-refractivity contribution in [1.82, 2.24) is 0 Å². The molecule has 0 aromatic heterocycles. The predicted molar refractivity (Wildman–Crippen MR) is 165 cm³/mol. The van der Waals surface area contributed by atoms with Crippen molar-refractivity contribution in [3.05, 3.63) is 41.5 Å². The van der Waals surface area contributed by atoms with Crippen LogP contribution in [0.25, 0.3) is 0 Å². The Morgan fingerprint density at radius 1 is 0.675 bits per heavy atom. The summed E-state index contributed by atoms with van der Waals surface area (Å²) in [5, 5.41) is 0. The number of ether oxygens (including phenoxy) is 1. The Bertz CT molecular complexity index is 870. The van der Waals surface area contributed by atoms with Crippen LogP contribution in [0.3, 0.4) is 0 Å². The van der Waals surface area contributed by atoms with Gasteiger partial charge in [0.2, 0.25) is 5.82 Å². The Morgan fingerprint density at radius 2 is 1.30 bits per heavy atom. The lowest BCUT2D eigenvalue weighted by Gasteiger charge is -2.29. The zero-order valence-electron chi connectivity index (χ0n) is 25.8. The minimum absolute atomic E-state index is 0.100. The first kappa shape index (κ1) is 31.6. The summed E-state index contributed by atoms with van der Waals surface area (Å²) in [5.74, 6) is 2.62. The molecule has 4 rings (SSSR count). The normalized spacial score (nSPS) is 29.6. The number of hydrogen-bond acceptors (Lipinski definition) is 1. The van der Waals surface area contributed by atoms with Gasteiger partial charge in [-0.3, -0.25) is 0 Å². The first-order valence-electron chi connectivity index (χ1n) is 17.3. The topological polar surface area (TPSA) is 9.23 Å². The highest BCUT2D eigenvalue weighted by Gasteiger charge is 2.27. The van der Waals surface area contributed by atoms with E-state index in [1.54, 1.807) is 12.1 Å². The zero-order valence-corrected chi connectivity index (χ0v) is 25.8. The average molecular weight is 557 g/mol. The number of rotatable bonds is 14. The van der Waals surface area contributed by atoms with Gasteiger partial charge in [-0.2, -0.15) is 4.39 Å². The van der Waals surface area contributed by atoms with Gasteiger partial charge < -0.3 is 4.74 Å². The smallest absolute Gasteiger partial charge is 0.200 e. The van der Waals surface area contributed by atoms with Crippen LogP contribution in [0, 0.1) is 41.2 Å². The van der Waals surface area contributed by atoms with E-state index in [1.807, 2.05) is 0 Å². The fraction of sp³-hybridized carbons (Fsp3) is 0.784. The van der Waals surface area contributed by atoms with Gasteiger partial charge >= 0.3 is 0 Å². The average Bonchev–Trinajstić information content (AvgIpc) is 2.98. The molecule has 40 heavy (non-hydrogen) atoms. The molecular weight excluding hydrogens is 498 g/mol. The van der Waals surface area contributed by atoms with Crippen molar-refractivity contribution in [1.29, 1.82) is 0 Å². The second-order valence-electron chi connectivity index (χ2n) is 13.8. The van der Waals surface area contributed by atoms with Gasteiger partial charge in [0.05, 0.1) is 6.61 Å². The van der Waals surface area contributed by atoms with E-state index in [1.165, 1.54) is 89.9 Å². The molecule has 0 aliphatic heterocycles. The number of hydrogen-bond donors (Lipinski definition) is 0. The second kappa shape index (κ2) is 16.9. The van der Waals surface area contributed by atoms with Crippen LogP contribution < -0.4 is 4.74 Å². The van der Waals surface area contributed by atoms with Crippen molar-refractivity contribution in [2.24, 2.45) is 29.6 Å². The summed E-state index contributed by atoms with van der Waals surface area (Å²) in [7, 11) is 0. The molecule has 0 N–H and O–H groups in total. The maximum absolute atomic E-state index is 15.0. The lowest BCUT2D eigenvalue weighted by atomic mass is 9.77. The molecule has 1 aromatic rings. The van der Waals surface area contributed by atoms with Crippen molar-refractivity contribution < 1.29 is 13.5 Å². The van der Waals surface area contributed by atoms with Gasteiger partial charge in [-0.15, -0.1) is 0 Å². The highest BCUT2D eigenvalue weighted by molar-refractivity contribution is 5.33. The summed E-state index contributed by atoms with van der Waals surface area (Å²) >= 11 is 0. The predicted octanol–water partition coefficient (Wildman–Crippen LogP) is 11.9. The van der Waals surface area contributed by atoms with Crippen LogP contribution >= 0.6 is 0 Å². The van der Waals surface area contributed by atoms with Crippen LogP contribution in [-0.4, -0.2) is 6.61 Å². The third kappa shape index (κ3) is 9.59. The molecule has 3 aliphatic rings. The quantitative estimate of drug-likeness (QED) is 0.163. The Balaban J connectivity index is 1.10. The van der Waals surface area contributed by atoms with Crippen molar-refractivity contribution in [3.63, 3.8) is 0 Å². The van der Waals surface area contributed by atoms with Crippen LogP contribution in [0.2, 0.25) is 0 Å². The van der Waals surface area contributed by atoms with E-state index < -0.39 is 11.6 Å². The molecule has 0 heterocycles. The largest absolute Gasteiger partial charge is 0.490 e. The van der Waals surface area contributed by atoms with Crippen molar-refractivity contribution in [2.75, 3.05) is 6.61 Å². The molecule has 0 saturated heterocycles. The van der Waals surface area contributed by atoms with Gasteiger partial charge in [-0.25, -0.2) is 4.39 Å². The molecule has 3 aliphatic carbocycles. The fourth-order valence-electron chi connectivity index (χ4n) is 8.01. The van der Waals surface area contributed by atoms with E-state index in [2.05, 4.69) is 26.0 Å². The Kier molecular flexibility index (Phi) is 13.3. The highest BCUT2D eigenvalue weighted by atomic mass is 19.2. The van der Waals surface area contributed by atoms with E-state index in [0.717, 1.165) is 62.2 Å². The molecule has 0 spiro atoms. The lowest BCUT2D eigenvalue weighted by Crippen LogP contribution is -2.20. The maximum atomic E-state index is 15.0. The van der Waals surface area contributed by atoms with Crippen LogP contribution in [0.1, 0.15) is 154 Å². The van der Waals surface area contributed by atoms with E-state index in [4.69, 9.17) is 4.74 Å². The van der Waals surface area contributed by atoms with Gasteiger partial charge in [-0.1, -0.05) is 83.4 Å². The molecule has 0 bridgehead atoms. The summed E-state index contributed by atoms with van der Waals surface area (Å²) in [6.07, 6.45) is 30.2. The molecule has 0 unspecified atom stereocenters. The highest BCUT2D eigenvalue weighted by Crippen LogP contribution is 2.40. The van der Waals surface area contributed by atoms with Gasteiger partial charge in [-0.05, 0) is 124 Å². The molecule has 1 nitrogen and oxygen atoms in total. The molecule has 3 fully saturated rings. The van der Waals surface area contributed by atoms with Crippen LogP contribution in [0.4, 0.5) is 8.78 Å². The molecular formula is C37H58F2O. The zero-order chi connectivity index (χ0) is 28.2. The summed E-state index contributed by atoms with van der Waals surface area (Å²) < 4.78 is 35.8. The number of unbranched alkanes of at least 4 members (excludes halogenated alkanes) is 2. The molecule has 0 atom stereocenters. The summed E-state index contributed by atoms with van der Waals surface area (Å²) in [6, 6.07) is 3.48.